The van der Waals surface area contributed by atoms with Gasteiger partial charge in [0.2, 0.25) is 11.7 Å². The largest absolute Gasteiger partial charge is 0.339 e. The lowest BCUT2D eigenvalue weighted by Gasteiger charge is -2.13. The quantitative estimate of drug-likeness (QED) is 0.526. The zero-order valence-electron chi connectivity index (χ0n) is 16.9. The van der Waals surface area contributed by atoms with Gasteiger partial charge >= 0.3 is 0 Å². The maximum atomic E-state index is 13.0. The van der Waals surface area contributed by atoms with Gasteiger partial charge in [-0.2, -0.15) is 10.1 Å². The van der Waals surface area contributed by atoms with Crippen molar-refractivity contribution in [1.29, 1.82) is 0 Å². The van der Waals surface area contributed by atoms with Crippen molar-refractivity contribution in [1.82, 2.24) is 35.2 Å². The third-order valence-corrected chi connectivity index (χ3v) is 4.56. The number of nitrogens with zero attached hydrogens (tertiary/aromatic N) is 6. The third kappa shape index (κ3) is 3.95. The van der Waals surface area contributed by atoms with Gasteiger partial charge in [-0.25, -0.2) is 4.68 Å². The van der Waals surface area contributed by atoms with Crippen LogP contribution in [0, 0.1) is 13.8 Å². The summed E-state index contributed by atoms with van der Waals surface area (Å²) >= 11 is 0. The minimum absolute atomic E-state index is 0.286. The smallest absolute Gasteiger partial charge is 0.270 e. The lowest BCUT2D eigenvalue weighted by Crippen LogP contribution is -2.30. The van der Waals surface area contributed by atoms with Crippen molar-refractivity contribution >= 4 is 5.91 Å². The SMILES string of the molecule is CC[C@H](NC(=O)c1cc(C)nn1-c1cccnc1)c1nc(-c2ccnc(C)c2)no1. The first-order valence-electron chi connectivity index (χ1n) is 9.59. The number of hydrogen-bond donors (Lipinski definition) is 1. The Labute approximate surface area is 173 Å². The zero-order valence-corrected chi connectivity index (χ0v) is 16.9. The second-order valence-electron chi connectivity index (χ2n) is 6.87. The second kappa shape index (κ2) is 8.24. The molecule has 0 fully saturated rings. The number of carbonyl (C=O) groups is 1. The molecule has 1 amide bonds. The Morgan fingerprint density at radius 2 is 2.07 bits per heavy atom. The first-order chi connectivity index (χ1) is 14.5. The monoisotopic (exact) mass is 403 g/mol. The highest BCUT2D eigenvalue weighted by Crippen LogP contribution is 2.21. The van der Waals surface area contributed by atoms with Gasteiger partial charge in [0.25, 0.3) is 5.91 Å². The number of nitrogens with one attached hydrogen (secondary N) is 1. The molecule has 0 spiro atoms. The van der Waals surface area contributed by atoms with E-state index in [0.29, 0.717) is 29.5 Å². The van der Waals surface area contributed by atoms with E-state index in [4.69, 9.17) is 4.52 Å². The molecule has 0 saturated heterocycles. The van der Waals surface area contributed by atoms with Gasteiger partial charge in [0, 0.05) is 23.7 Å². The molecule has 4 heterocycles. The van der Waals surface area contributed by atoms with Gasteiger partial charge in [0.1, 0.15) is 11.7 Å². The van der Waals surface area contributed by atoms with Crippen molar-refractivity contribution in [3.05, 3.63) is 71.9 Å². The van der Waals surface area contributed by atoms with Crippen molar-refractivity contribution < 1.29 is 9.32 Å². The van der Waals surface area contributed by atoms with E-state index in [1.165, 1.54) is 0 Å². The number of aryl methyl sites for hydroxylation is 2. The Morgan fingerprint density at radius 1 is 1.20 bits per heavy atom. The Hall–Kier alpha value is -3.88. The molecule has 0 bridgehead atoms. The molecule has 0 aliphatic carbocycles. The molecule has 1 atom stereocenters. The topological polar surface area (TPSA) is 112 Å². The van der Waals surface area contributed by atoms with Crippen LogP contribution in [0.25, 0.3) is 17.1 Å². The van der Waals surface area contributed by atoms with E-state index in [2.05, 4.69) is 30.5 Å². The van der Waals surface area contributed by atoms with E-state index in [9.17, 15) is 4.79 Å². The summed E-state index contributed by atoms with van der Waals surface area (Å²) in [5.74, 6) is 0.518. The average molecular weight is 403 g/mol. The van der Waals surface area contributed by atoms with E-state index < -0.39 is 6.04 Å². The summed E-state index contributed by atoms with van der Waals surface area (Å²) < 4.78 is 7.01. The molecule has 4 aromatic rings. The standard InChI is InChI=1S/C21H21N7O2/c1-4-17(21-25-19(27-30-21)15-7-9-23-13(2)10-15)24-20(29)18-11-14(3)26-28(18)16-6-5-8-22-12-16/h5-12,17H,4H2,1-3H3,(H,24,29)/t17-/m0/s1. The molecule has 0 aromatic carbocycles. The predicted octanol–water partition coefficient (Wildman–Crippen LogP) is 3.21. The number of carbonyl (C=O) groups excluding carboxylic acids is 1. The van der Waals surface area contributed by atoms with Crippen LogP contribution in [0.2, 0.25) is 0 Å². The van der Waals surface area contributed by atoms with Gasteiger partial charge in [0.05, 0.1) is 17.6 Å². The summed E-state index contributed by atoms with van der Waals surface area (Å²) in [7, 11) is 0. The Morgan fingerprint density at radius 3 is 2.80 bits per heavy atom. The Kier molecular flexibility index (Phi) is 5.34. The van der Waals surface area contributed by atoms with Crippen molar-refractivity contribution in [3.63, 3.8) is 0 Å². The van der Waals surface area contributed by atoms with Crippen LogP contribution in [-0.4, -0.2) is 35.8 Å². The highest BCUT2D eigenvalue weighted by atomic mass is 16.5. The lowest BCUT2D eigenvalue weighted by molar-refractivity contribution is 0.0919. The van der Waals surface area contributed by atoms with Crippen molar-refractivity contribution in [2.45, 2.75) is 33.2 Å². The van der Waals surface area contributed by atoms with Gasteiger partial charge in [-0.3, -0.25) is 14.8 Å². The lowest BCUT2D eigenvalue weighted by atomic mass is 10.2. The van der Waals surface area contributed by atoms with Crippen LogP contribution in [0.3, 0.4) is 0 Å². The van der Waals surface area contributed by atoms with Crippen LogP contribution in [0.1, 0.15) is 47.2 Å². The van der Waals surface area contributed by atoms with Gasteiger partial charge in [-0.15, -0.1) is 0 Å². The van der Waals surface area contributed by atoms with E-state index >= 15 is 0 Å². The molecule has 30 heavy (non-hydrogen) atoms. The number of aromatic nitrogens is 6. The molecular formula is C21H21N7O2. The summed E-state index contributed by atoms with van der Waals surface area (Å²) in [6.07, 6.45) is 5.61. The second-order valence-corrected chi connectivity index (χ2v) is 6.87. The summed E-state index contributed by atoms with van der Waals surface area (Å²) in [5.41, 5.74) is 3.51. The molecule has 9 nitrogen and oxygen atoms in total. The molecule has 152 valence electrons. The fourth-order valence-electron chi connectivity index (χ4n) is 3.09. The van der Waals surface area contributed by atoms with Gasteiger partial charge in [0.15, 0.2) is 0 Å². The molecule has 0 unspecified atom stereocenters. The van der Waals surface area contributed by atoms with Crippen LogP contribution in [0.4, 0.5) is 0 Å². The fraction of sp³-hybridized carbons (Fsp3) is 0.238. The number of rotatable bonds is 6. The normalized spacial score (nSPS) is 12.0. The molecular weight excluding hydrogens is 382 g/mol. The zero-order chi connectivity index (χ0) is 21.1. The summed E-state index contributed by atoms with van der Waals surface area (Å²) in [4.78, 5) is 25.8. The maximum absolute atomic E-state index is 13.0. The van der Waals surface area contributed by atoms with Gasteiger partial charge in [-0.1, -0.05) is 12.1 Å². The Bertz CT molecular complexity index is 1170. The maximum Gasteiger partial charge on any atom is 0.270 e. The molecule has 0 saturated carbocycles. The predicted molar refractivity (Wildman–Crippen MR) is 109 cm³/mol. The van der Waals surface area contributed by atoms with E-state index in [1.54, 1.807) is 35.4 Å². The van der Waals surface area contributed by atoms with E-state index in [-0.39, 0.29) is 5.91 Å². The molecule has 9 heteroatoms. The molecule has 0 aliphatic heterocycles. The molecule has 1 N–H and O–H groups in total. The first kappa shape index (κ1) is 19.4. The summed E-state index contributed by atoms with van der Waals surface area (Å²) in [6.45, 7) is 5.67. The first-order valence-corrected chi connectivity index (χ1v) is 9.59. The van der Waals surface area contributed by atoms with Crippen LogP contribution in [0.15, 0.2) is 53.4 Å². The van der Waals surface area contributed by atoms with Crippen LogP contribution >= 0.6 is 0 Å². The Balaban J connectivity index is 1.57. The molecule has 4 aromatic heterocycles. The van der Waals surface area contributed by atoms with Crippen molar-refractivity contribution in [2.24, 2.45) is 0 Å². The minimum Gasteiger partial charge on any atom is -0.339 e. The van der Waals surface area contributed by atoms with E-state index in [0.717, 1.165) is 17.0 Å². The van der Waals surface area contributed by atoms with E-state index in [1.807, 2.05) is 39.0 Å². The highest BCUT2D eigenvalue weighted by molar-refractivity contribution is 5.93. The van der Waals surface area contributed by atoms with Crippen LogP contribution < -0.4 is 5.32 Å². The highest BCUT2D eigenvalue weighted by Gasteiger charge is 2.23. The molecule has 0 aliphatic rings. The minimum atomic E-state index is -0.431. The van der Waals surface area contributed by atoms with Gasteiger partial charge in [-0.05, 0) is 50.6 Å². The van der Waals surface area contributed by atoms with Crippen molar-refractivity contribution in [2.75, 3.05) is 0 Å². The third-order valence-electron chi connectivity index (χ3n) is 4.56. The summed E-state index contributed by atoms with van der Waals surface area (Å²) in [6, 6.07) is 8.63. The number of pyridine rings is 2. The number of amides is 1. The molecule has 4 rings (SSSR count). The molecule has 0 radical (unpaired) electrons. The number of hydrogen-bond acceptors (Lipinski definition) is 7. The van der Waals surface area contributed by atoms with Gasteiger partial charge < -0.3 is 9.84 Å². The van der Waals surface area contributed by atoms with Crippen LogP contribution in [0.5, 0.6) is 0 Å². The van der Waals surface area contributed by atoms with Crippen molar-refractivity contribution in [3.8, 4) is 17.1 Å². The fourth-order valence-corrected chi connectivity index (χ4v) is 3.09. The summed E-state index contributed by atoms with van der Waals surface area (Å²) in [5, 5.41) is 11.4. The van der Waals surface area contributed by atoms with Crippen LogP contribution in [-0.2, 0) is 0 Å². The average Bonchev–Trinajstić information content (AvgIpc) is 3.40.